The summed E-state index contributed by atoms with van der Waals surface area (Å²) in [7, 11) is 0. The molecule has 1 aromatic carbocycles. The molecule has 2 heterocycles. The van der Waals surface area contributed by atoms with Gasteiger partial charge >= 0.3 is 0 Å². The topological polar surface area (TPSA) is 54.9 Å². The number of thiazole rings is 1. The highest BCUT2D eigenvalue weighted by molar-refractivity contribution is 9.10. The lowest BCUT2D eigenvalue weighted by molar-refractivity contribution is 0.0951. The zero-order chi connectivity index (χ0) is 16.2. The maximum Gasteiger partial charge on any atom is 0.251 e. The number of rotatable bonds is 4. The van der Waals surface area contributed by atoms with Crippen molar-refractivity contribution in [2.24, 2.45) is 0 Å². The second-order valence-electron chi connectivity index (χ2n) is 4.96. The number of amides is 1. The second kappa shape index (κ2) is 7.02. The van der Waals surface area contributed by atoms with E-state index >= 15 is 0 Å². The normalized spacial score (nSPS) is 10.5. The van der Waals surface area contributed by atoms with Crippen molar-refractivity contribution in [2.45, 2.75) is 13.5 Å². The van der Waals surface area contributed by atoms with E-state index in [4.69, 9.17) is 0 Å². The Kier molecular flexibility index (Phi) is 4.83. The third-order valence-electron chi connectivity index (χ3n) is 3.30. The summed E-state index contributed by atoms with van der Waals surface area (Å²) in [5, 5.41) is 3.86. The highest BCUT2D eigenvalue weighted by Crippen LogP contribution is 2.27. The van der Waals surface area contributed by atoms with Crippen LogP contribution in [0, 0.1) is 6.92 Å². The number of aryl methyl sites for hydroxylation is 1. The zero-order valence-corrected chi connectivity index (χ0v) is 14.8. The van der Waals surface area contributed by atoms with Crippen LogP contribution in [-0.2, 0) is 6.54 Å². The number of hydrogen-bond acceptors (Lipinski definition) is 4. The highest BCUT2D eigenvalue weighted by atomic mass is 79.9. The summed E-state index contributed by atoms with van der Waals surface area (Å²) in [4.78, 5) is 21.9. The van der Waals surface area contributed by atoms with Crippen LogP contribution in [0.1, 0.15) is 20.9 Å². The summed E-state index contributed by atoms with van der Waals surface area (Å²) >= 11 is 4.95. The Morgan fingerprint density at radius 3 is 2.91 bits per heavy atom. The fourth-order valence-corrected chi connectivity index (χ4v) is 3.49. The van der Waals surface area contributed by atoms with Gasteiger partial charge < -0.3 is 5.32 Å². The van der Waals surface area contributed by atoms with Gasteiger partial charge in [0.05, 0.1) is 12.2 Å². The van der Waals surface area contributed by atoms with Gasteiger partial charge in [0, 0.05) is 32.9 Å². The van der Waals surface area contributed by atoms with E-state index in [-0.39, 0.29) is 5.91 Å². The molecule has 6 heteroatoms. The average Bonchev–Trinajstić information content (AvgIpc) is 2.94. The van der Waals surface area contributed by atoms with Gasteiger partial charge in [-0.3, -0.25) is 9.78 Å². The Morgan fingerprint density at radius 1 is 1.30 bits per heavy atom. The molecule has 1 amide bonds. The minimum atomic E-state index is -0.0953. The van der Waals surface area contributed by atoms with Gasteiger partial charge in [0.2, 0.25) is 0 Å². The van der Waals surface area contributed by atoms with Crippen LogP contribution in [0.4, 0.5) is 0 Å². The van der Waals surface area contributed by atoms with E-state index in [2.05, 4.69) is 31.2 Å². The Labute approximate surface area is 146 Å². The zero-order valence-electron chi connectivity index (χ0n) is 12.4. The molecule has 23 heavy (non-hydrogen) atoms. The van der Waals surface area contributed by atoms with Gasteiger partial charge in [-0.05, 0) is 37.3 Å². The van der Waals surface area contributed by atoms with Gasteiger partial charge in [0.1, 0.15) is 5.01 Å². The van der Waals surface area contributed by atoms with E-state index in [0.29, 0.717) is 12.1 Å². The molecule has 0 bridgehead atoms. The molecule has 0 spiro atoms. The molecule has 4 nitrogen and oxygen atoms in total. The smallest absolute Gasteiger partial charge is 0.251 e. The lowest BCUT2D eigenvalue weighted by atomic mass is 10.2. The molecule has 3 rings (SSSR count). The van der Waals surface area contributed by atoms with Crippen LogP contribution in [-0.4, -0.2) is 15.9 Å². The van der Waals surface area contributed by atoms with E-state index in [0.717, 1.165) is 25.6 Å². The molecule has 0 unspecified atom stereocenters. The Bertz CT molecular complexity index is 833. The van der Waals surface area contributed by atoms with Crippen molar-refractivity contribution in [1.29, 1.82) is 0 Å². The first-order valence-electron chi connectivity index (χ1n) is 7.04. The van der Waals surface area contributed by atoms with E-state index in [1.807, 2.05) is 31.2 Å². The molecule has 0 aliphatic heterocycles. The largest absolute Gasteiger partial charge is 0.347 e. The third-order valence-corrected chi connectivity index (χ3v) is 5.00. The quantitative estimate of drug-likeness (QED) is 0.729. The number of nitrogens with zero attached hydrogens (tertiary/aromatic N) is 2. The van der Waals surface area contributed by atoms with Crippen molar-refractivity contribution in [1.82, 2.24) is 15.3 Å². The van der Waals surface area contributed by atoms with E-state index in [9.17, 15) is 4.79 Å². The summed E-state index contributed by atoms with van der Waals surface area (Å²) in [6.07, 6.45) is 3.53. The fraction of sp³-hybridized carbons (Fsp3) is 0.118. The van der Waals surface area contributed by atoms with Gasteiger partial charge in [-0.15, -0.1) is 11.3 Å². The van der Waals surface area contributed by atoms with Crippen LogP contribution >= 0.6 is 27.3 Å². The first-order valence-corrected chi connectivity index (χ1v) is 8.65. The number of halogens is 1. The lowest BCUT2D eigenvalue weighted by Crippen LogP contribution is -2.22. The average molecular weight is 388 g/mol. The van der Waals surface area contributed by atoms with Crippen LogP contribution in [0.15, 0.2) is 53.3 Å². The number of nitrogens with one attached hydrogen (secondary N) is 1. The number of pyridine rings is 1. The van der Waals surface area contributed by atoms with E-state index in [1.165, 1.54) is 0 Å². The van der Waals surface area contributed by atoms with Crippen molar-refractivity contribution in [3.8, 4) is 10.6 Å². The van der Waals surface area contributed by atoms with Crippen LogP contribution in [0.25, 0.3) is 10.6 Å². The molecule has 1 N–H and O–H groups in total. The van der Waals surface area contributed by atoms with Crippen LogP contribution < -0.4 is 5.32 Å². The molecule has 2 aromatic heterocycles. The number of carbonyl (C=O) groups excluding carboxylic acids is 1. The molecule has 0 fully saturated rings. The summed E-state index contributed by atoms with van der Waals surface area (Å²) in [5.41, 5.74) is 2.56. The van der Waals surface area contributed by atoms with E-state index in [1.54, 1.807) is 35.9 Å². The summed E-state index contributed by atoms with van der Waals surface area (Å²) < 4.78 is 0.887. The summed E-state index contributed by atoms with van der Waals surface area (Å²) in [5.74, 6) is -0.0953. The monoisotopic (exact) mass is 387 g/mol. The van der Waals surface area contributed by atoms with Crippen LogP contribution in [0.3, 0.4) is 0 Å². The molecule has 0 saturated carbocycles. The maximum atomic E-state index is 12.2. The van der Waals surface area contributed by atoms with Gasteiger partial charge in [0.15, 0.2) is 0 Å². The minimum absolute atomic E-state index is 0.0953. The number of aromatic nitrogens is 2. The maximum absolute atomic E-state index is 12.2. The van der Waals surface area contributed by atoms with Crippen molar-refractivity contribution in [3.05, 3.63) is 69.4 Å². The van der Waals surface area contributed by atoms with Gasteiger partial charge in [-0.25, -0.2) is 4.98 Å². The van der Waals surface area contributed by atoms with Crippen molar-refractivity contribution >= 4 is 33.2 Å². The third kappa shape index (κ3) is 3.83. The molecule has 116 valence electrons. The standard InChI is InChI=1S/C17H14BrN3OS/c1-11-15(23-17(21-11)13-5-3-7-19-9-13)10-20-16(22)12-4-2-6-14(18)8-12/h2-9H,10H2,1H3,(H,20,22). The van der Waals surface area contributed by atoms with Crippen molar-refractivity contribution in [3.63, 3.8) is 0 Å². The lowest BCUT2D eigenvalue weighted by Gasteiger charge is -2.04. The minimum Gasteiger partial charge on any atom is -0.347 e. The number of benzene rings is 1. The first-order chi connectivity index (χ1) is 11.1. The van der Waals surface area contributed by atoms with Crippen molar-refractivity contribution < 1.29 is 4.79 Å². The Hall–Kier alpha value is -2.05. The SMILES string of the molecule is Cc1nc(-c2cccnc2)sc1CNC(=O)c1cccc(Br)c1. The van der Waals surface area contributed by atoms with Gasteiger partial charge in [-0.1, -0.05) is 22.0 Å². The molecule has 0 atom stereocenters. The second-order valence-corrected chi connectivity index (χ2v) is 6.96. The van der Waals surface area contributed by atoms with Gasteiger partial charge in [-0.2, -0.15) is 0 Å². The fourth-order valence-electron chi connectivity index (χ4n) is 2.10. The number of carbonyl (C=O) groups is 1. The Balaban J connectivity index is 1.71. The van der Waals surface area contributed by atoms with Crippen molar-refractivity contribution in [2.75, 3.05) is 0 Å². The first kappa shape index (κ1) is 15.8. The molecular formula is C17H14BrN3OS. The molecule has 0 radical (unpaired) electrons. The molecular weight excluding hydrogens is 374 g/mol. The summed E-state index contributed by atoms with van der Waals surface area (Å²) in [6, 6.07) is 11.2. The Morgan fingerprint density at radius 2 is 2.17 bits per heavy atom. The van der Waals surface area contributed by atoms with E-state index < -0.39 is 0 Å². The molecule has 0 aliphatic rings. The number of hydrogen-bond donors (Lipinski definition) is 1. The summed E-state index contributed by atoms with van der Waals surface area (Å²) in [6.45, 7) is 2.42. The van der Waals surface area contributed by atoms with Crippen LogP contribution in [0.5, 0.6) is 0 Å². The molecule has 3 aromatic rings. The van der Waals surface area contributed by atoms with Gasteiger partial charge in [0.25, 0.3) is 5.91 Å². The highest BCUT2D eigenvalue weighted by Gasteiger charge is 2.11. The predicted molar refractivity (Wildman–Crippen MR) is 95.4 cm³/mol. The molecule has 0 saturated heterocycles. The predicted octanol–water partition coefficient (Wildman–Crippen LogP) is 4.21. The molecule has 0 aliphatic carbocycles. The van der Waals surface area contributed by atoms with Crippen LogP contribution in [0.2, 0.25) is 0 Å².